The minimum Gasteiger partial charge on any atom is -0.394 e. The molecular weight excluding hydrogens is 164 g/mol. The van der Waals surface area contributed by atoms with Gasteiger partial charge in [-0.3, -0.25) is 0 Å². The topological polar surface area (TPSA) is 79.2 Å². The van der Waals surface area contributed by atoms with Gasteiger partial charge in [0.2, 0.25) is 0 Å². The van der Waals surface area contributed by atoms with Gasteiger partial charge in [-0.25, -0.2) is 0 Å². The Morgan fingerprint density at radius 1 is 1.58 bits per heavy atom. The second-order valence-electron chi connectivity index (χ2n) is 2.82. The van der Waals surface area contributed by atoms with Crippen LogP contribution in [0.25, 0.3) is 0 Å². The summed E-state index contributed by atoms with van der Waals surface area (Å²) in [7, 11) is 1.42. The average Bonchev–Trinajstić information content (AvgIpc) is 2.34. The van der Waals surface area contributed by atoms with E-state index in [1.54, 1.807) is 0 Å². The van der Waals surface area contributed by atoms with Crippen molar-refractivity contribution in [2.45, 2.75) is 31.0 Å². The van der Waals surface area contributed by atoms with E-state index in [1.165, 1.54) is 7.11 Å². The molecule has 1 rings (SSSR count). The van der Waals surface area contributed by atoms with Crippen molar-refractivity contribution >= 4 is 0 Å². The lowest BCUT2D eigenvalue weighted by Gasteiger charge is -2.21. The molecule has 0 aromatic heterocycles. The number of hydrogen-bond donors (Lipinski definition) is 3. The van der Waals surface area contributed by atoms with Gasteiger partial charge in [-0.05, 0) is 0 Å². The van der Waals surface area contributed by atoms with Crippen LogP contribution in [-0.4, -0.2) is 53.6 Å². The van der Waals surface area contributed by atoms with Crippen molar-refractivity contribution < 1.29 is 24.8 Å². The fraction of sp³-hybridized carbons (Fsp3) is 1.00. The summed E-state index contributed by atoms with van der Waals surface area (Å²) in [5.41, 5.74) is 0. The minimum absolute atomic E-state index is 0.171. The molecule has 1 aliphatic heterocycles. The summed E-state index contributed by atoms with van der Waals surface area (Å²) in [6.07, 6.45) is -2.75. The second kappa shape index (κ2) is 4.15. The summed E-state index contributed by atoms with van der Waals surface area (Å²) >= 11 is 0. The maximum atomic E-state index is 9.32. The maximum absolute atomic E-state index is 9.32. The highest BCUT2D eigenvalue weighted by molar-refractivity contribution is 4.83. The van der Waals surface area contributed by atoms with Gasteiger partial charge < -0.3 is 24.8 Å². The van der Waals surface area contributed by atoms with Crippen molar-refractivity contribution in [1.82, 2.24) is 0 Å². The molecule has 12 heavy (non-hydrogen) atoms. The molecule has 1 aliphatic rings. The number of hydrogen-bond acceptors (Lipinski definition) is 5. The van der Waals surface area contributed by atoms with Gasteiger partial charge in [0, 0.05) is 13.5 Å². The zero-order valence-electron chi connectivity index (χ0n) is 6.88. The van der Waals surface area contributed by atoms with E-state index in [9.17, 15) is 5.11 Å². The third-order valence-corrected chi connectivity index (χ3v) is 1.99. The van der Waals surface area contributed by atoms with E-state index in [4.69, 9.17) is 19.7 Å². The predicted octanol–water partition coefficient (Wildman–Crippen LogP) is -1.54. The van der Waals surface area contributed by atoms with Gasteiger partial charge in [0.25, 0.3) is 0 Å². The van der Waals surface area contributed by atoms with Gasteiger partial charge in [0.1, 0.15) is 12.2 Å². The largest absolute Gasteiger partial charge is 0.394 e. The highest BCUT2D eigenvalue weighted by atomic mass is 16.6. The van der Waals surface area contributed by atoms with Gasteiger partial charge in [0.05, 0.1) is 12.7 Å². The van der Waals surface area contributed by atoms with Crippen molar-refractivity contribution in [3.8, 4) is 0 Å². The molecule has 0 aromatic carbocycles. The lowest BCUT2D eigenvalue weighted by molar-refractivity contribution is -0.144. The molecule has 0 bridgehead atoms. The Balaban J connectivity index is 2.50. The van der Waals surface area contributed by atoms with Gasteiger partial charge in [-0.1, -0.05) is 0 Å². The van der Waals surface area contributed by atoms with Crippen LogP contribution in [0.1, 0.15) is 6.42 Å². The monoisotopic (exact) mass is 178 g/mol. The fourth-order valence-corrected chi connectivity index (χ4v) is 1.32. The Morgan fingerprint density at radius 3 is 2.58 bits per heavy atom. The first-order valence-electron chi connectivity index (χ1n) is 3.84. The zero-order chi connectivity index (χ0) is 9.14. The molecule has 0 radical (unpaired) electrons. The Kier molecular flexibility index (Phi) is 3.42. The molecule has 4 atom stereocenters. The third-order valence-electron chi connectivity index (χ3n) is 1.99. The molecule has 0 aliphatic carbocycles. The molecule has 5 nitrogen and oxygen atoms in total. The smallest absolute Gasteiger partial charge is 0.157 e. The van der Waals surface area contributed by atoms with Gasteiger partial charge >= 0.3 is 0 Å². The number of aliphatic hydroxyl groups is 3. The van der Waals surface area contributed by atoms with Crippen LogP contribution in [0.2, 0.25) is 0 Å². The van der Waals surface area contributed by atoms with E-state index in [1.807, 2.05) is 0 Å². The molecule has 0 saturated carbocycles. The standard InChI is InChI=1S/C7H14O5/c1-11-5(3-8)7-4(9)2-6(10)12-7/h4-10H,2-3H2,1H3. The summed E-state index contributed by atoms with van der Waals surface area (Å²) < 4.78 is 9.79. The van der Waals surface area contributed by atoms with E-state index in [0.29, 0.717) is 0 Å². The van der Waals surface area contributed by atoms with E-state index in [0.717, 1.165) is 0 Å². The van der Waals surface area contributed by atoms with Crippen LogP contribution in [0, 0.1) is 0 Å². The molecule has 5 heteroatoms. The van der Waals surface area contributed by atoms with E-state index >= 15 is 0 Å². The molecular formula is C7H14O5. The maximum Gasteiger partial charge on any atom is 0.157 e. The van der Waals surface area contributed by atoms with Crippen molar-refractivity contribution in [2.75, 3.05) is 13.7 Å². The van der Waals surface area contributed by atoms with Crippen LogP contribution in [0.15, 0.2) is 0 Å². The number of aliphatic hydroxyl groups excluding tert-OH is 3. The van der Waals surface area contributed by atoms with Crippen LogP contribution in [0.3, 0.4) is 0 Å². The predicted molar refractivity (Wildman–Crippen MR) is 39.4 cm³/mol. The summed E-state index contributed by atoms with van der Waals surface area (Å²) in [5, 5.41) is 27.1. The lowest BCUT2D eigenvalue weighted by Crippen LogP contribution is -2.38. The van der Waals surface area contributed by atoms with Crippen molar-refractivity contribution in [1.29, 1.82) is 0 Å². The second-order valence-corrected chi connectivity index (χ2v) is 2.82. The fourth-order valence-electron chi connectivity index (χ4n) is 1.32. The summed E-state index contributed by atoms with van der Waals surface area (Å²) in [6.45, 7) is -0.231. The first-order chi connectivity index (χ1) is 5.69. The quantitative estimate of drug-likeness (QED) is 0.488. The molecule has 1 saturated heterocycles. The molecule has 0 aromatic rings. The molecule has 4 unspecified atom stereocenters. The van der Waals surface area contributed by atoms with Crippen molar-refractivity contribution in [3.05, 3.63) is 0 Å². The van der Waals surface area contributed by atoms with E-state index < -0.39 is 24.6 Å². The number of methoxy groups -OCH3 is 1. The zero-order valence-corrected chi connectivity index (χ0v) is 6.88. The Morgan fingerprint density at radius 2 is 2.25 bits per heavy atom. The molecule has 72 valence electrons. The first-order valence-corrected chi connectivity index (χ1v) is 3.84. The van der Waals surface area contributed by atoms with Crippen LogP contribution >= 0.6 is 0 Å². The lowest BCUT2D eigenvalue weighted by atomic mass is 10.1. The van der Waals surface area contributed by atoms with Crippen molar-refractivity contribution in [3.63, 3.8) is 0 Å². The number of ether oxygens (including phenoxy) is 2. The summed E-state index contributed by atoms with van der Waals surface area (Å²) in [6, 6.07) is 0. The molecule has 0 spiro atoms. The highest BCUT2D eigenvalue weighted by Gasteiger charge is 2.38. The normalized spacial score (nSPS) is 38.5. The Hall–Kier alpha value is -0.200. The van der Waals surface area contributed by atoms with Crippen LogP contribution in [0.4, 0.5) is 0 Å². The molecule has 1 heterocycles. The van der Waals surface area contributed by atoms with Crippen molar-refractivity contribution in [2.24, 2.45) is 0 Å². The molecule has 3 N–H and O–H groups in total. The SMILES string of the molecule is COC(CO)C1OC(O)CC1O. The van der Waals surface area contributed by atoms with Crippen LogP contribution in [0.5, 0.6) is 0 Å². The summed E-state index contributed by atoms with van der Waals surface area (Å²) in [4.78, 5) is 0. The van der Waals surface area contributed by atoms with Crippen LogP contribution < -0.4 is 0 Å². The molecule has 0 amide bonds. The minimum atomic E-state index is -0.950. The van der Waals surface area contributed by atoms with Gasteiger partial charge in [0.15, 0.2) is 6.29 Å². The van der Waals surface area contributed by atoms with Gasteiger partial charge in [-0.2, -0.15) is 0 Å². The average molecular weight is 178 g/mol. The molecule has 1 fully saturated rings. The summed E-state index contributed by atoms with van der Waals surface area (Å²) in [5.74, 6) is 0. The highest BCUT2D eigenvalue weighted by Crippen LogP contribution is 2.22. The third kappa shape index (κ3) is 1.94. The number of rotatable bonds is 3. The first kappa shape index (κ1) is 9.88. The Bertz CT molecular complexity index is 136. The van der Waals surface area contributed by atoms with E-state index in [2.05, 4.69) is 0 Å². The van der Waals surface area contributed by atoms with E-state index in [-0.39, 0.29) is 13.0 Å². The van der Waals surface area contributed by atoms with Crippen LogP contribution in [-0.2, 0) is 9.47 Å². The Labute approximate surface area is 70.5 Å². The van der Waals surface area contributed by atoms with Gasteiger partial charge in [-0.15, -0.1) is 0 Å².